The highest BCUT2D eigenvalue weighted by Crippen LogP contribution is 2.54. The van der Waals surface area contributed by atoms with Gasteiger partial charge in [0.15, 0.2) is 0 Å². The Kier molecular flexibility index (Phi) is 4.59. The number of likely N-dealkylation sites (N-methyl/N-ethyl adjacent to an activating group) is 1. The van der Waals surface area contributed by atoms with Crippen LogP contribution in [0.2, 0.25) is 0 Å². The first kappa shape index (κ1) is 16.6. The number of carbonyl (C=O) groups excluding carboxylic acids is 1. The second-order valence-corrected chi connectivity index (χ2v) is 7.84. The zero-order valence-electron chi connectivity index (χ0n) is 13.8. The molecule has 1 aromatic rings. The van der Waals surface area contributed by atoms with Crippen LogP contribution in [0.15, 0.2) is 24.3 Å². The van der Waals surface area contributed by atoms with Crippen molar-refractivity contribution in [2.75, 3.05) is 12.8 Å². The van der Waals surface area contributed by atoms with E-state index in [-0.39, 0.29) is 18.3 Å². The predicted octanol–water partition coefficient (Wildman–Crippen LogP) is 3.52. The molecular weight excluding hydrogens is 308 g/mol. The van der Waals surface area contributed by atoms with Crippen LogP contribution in [0.25, 0.3) is 0 Å². The van der Waals surface area contributed by atoms with Crippen molar-refractivity contribution in [3.63, 3.8) is 0 Å². The van der Waals surface area contributed by atoms with Crippen molar-refractivity contribution in [2.45, 2.75) is 44.6 Å². The molecule has 4 heteroatoms. The van der Waals surface area contributed by atoms with Crippen LogP contribution in [0.4, 0.5) is 5.69 Å². The summed E-state index contributed by atoms with van der Waals surface area (Å²) in [5, 5.41) is 0. The molecule has 3 nitrogen and oxygen atoms in total. The third-order valence-corrected chi connectivity index (χ3v) is 6.35. The van der Waals surface area contributed by atoms with Crippen LogP contribution in [0.1, 0.15) is 37.7 Å². The first-order valence-corrected chi connectivity index (χ1v) is 8.70. The molecule has 0 spiro atoms. The van der Waals surface area contributed by atoms with E-state index in [0.29, 0.717) is 12.5 Å². The fourth-order valence-electron chi connectivity index (χ4n) is 5.63. The van der Waals surface area contributed by atoms with Crippen LogP contribution in [0.5, 0.6) is 0 Å². The van der Waals surface area contributed by atoms with Crippen LogP contribution in [0.3, 0.4) is 0 Å². The van der Waals surface area contributed by atoms with E-state index in [4.69, 9.17) is 5.73 Å². The van der Waals surface area contributed by atoms with Gasteiger partial charge in [-0.05, 0) is 73.5 Å². The number of nitrogens with two attached hydrogens (primary N) is 1. The van der Waals surface area contributed by atoms with Crippen LogP contribution in [0, 0.1) is 23.7 Å². The van der Waals surface area contributed by atoms with Gasteiger partial charge in [-0.2, -0.15) is 0 Å². The van der Waals surface area contributed by atoms with Crippen molar-refractivity contribution in [2.24, 2.45) is 23.7 Å². The number of benzene rings is 1. The van der Waals surface area contributed by atoms with Crippen LogP contribution < -0.4 is 5.73 Å². The SMILES string of the molecule is CN(C(=O)Cc1ccc(N)cc1)C1C2CC3CC(C2)CC1C3.Cl. The Morgan fingerprint density at radius 1 is 1.04 bits per heavy atom. The molecule has 0 aromatic heterocycles. The summed E-state index contributed by atoms with van der Waals surface area (Å²) in [5.41, 5.74) is 7.54. The summed E-state index contributed by atoms with van der Waals surface area (Å²) in [4.78, 5) is 14.8. The summed E-state index contributed by atoms with van der Waals surface area (Å²) in [6.45, 7) is 0. The number of anilines is 1. The highest BCUT2D eigenvalue weighted by atomic mass is 35.5. The maximum absolute atomic E-state index is 12.7. The number of hydrogen-bond donors (Lipinski definition) is 1. The number of carbonyl (C=O) groups is 1. The normalized spacial score (nSPS) is 34.0. The summed E-state index contributed by atoms with van der Waals surface area (Å²) >= 11 is 0. The molecule has 0 saturated heterocycles. The van der Waals surface area contributed by atoms with Gasteiger partial charge < -0.3 is 10.6 Å². The molecule has 4 fully saturated rings. The standard InChI is InChI=1S/C19H26N2O.ClH/c1-21(18(22)11-12-2-4-17(20)5-3-12)19-15-7-13-6-14(9-15)10-16(19)8-13;/h2-5,13-16,19H,6-11,20H2,1H3;1H. The minimum absolute atomic E-state index is 0. The minimum atomic E-state index is 0. The molecule has 1 aromatic carbocycles. The van der Waals surface area contributed by atoms with Crippen molar-refractivity contribution in [1.82, 2.24) is 4.90 Å². The molecule has 4 saturated carbocycles. The molecule has 1 amide bonds. The lowest BCUT2D eigenvalue weighted by atomic mass is 9.54. The molecule has 4 aliphatic rings. The van der Waals surface area contributed by atoms with Gasteiger partial charge >= 0.3 is 0 Å². The lowest BCUT2D eigenvalue weighted by Crippen LogP contribution is -2.56. The highest BCUT2D eigenvalue weighted by Gasteiger charge is 2.50. The van der Waals surface area contributed by atoms with E-state index < -0.39 is 0 Å². The molecule has 0 atom stereocenters. The number of halogens is 1. The Morgan fingerprint density at radius 3 is 2.09 bits per heavy atom. The molecular formula is C19H27ClN2O. The Morgan fingerprint density at radius 2 is 1.57 bits per heavy atom. The molecule has 2 N–H and O–H groups in total. The summed E-state index contributed by atoms with van der Waals surface area (Å²) < 4.78 is 0. The third-order valence-electron chi connectivity index (χ3n) is 6.35. The number of amides is 1. The van der Waals surface area contributed by atoms with Crippen molar-refractivity contribution < 1.29 is 4.79 Å². The second-order valence-electron chi connectivity index (χ2n) is 7.84. The highest BCUT2D eigenvalue weighted by molar-refractivity contribution is 5.85. The van der Waals surface area contributed by atoms with Crippen LogP contribution in [-0.4, -0.2) is 23.9 Å². The largest absolute Gasteiger partial charge is 0.399 e. The molecule has 4 aliphatic carbocycles. The van der Waals surface area contributed by atoms with Gasteiger partial charge in [-0.1, -0.05) is 12.1 Å². The van der Waals surface area contributed by atoms with E-state index in [1.165, 1.54) is 32.1 Å². The van der Waals surface area contributed by atoms with E-state index in [9.17, 15) is 4.79 Å². The number of nitrogen functional groups attached to an aromatic ring is 1. The second kappa shape index (κ2) is 6.35. The molecule has 126 valence electrons. The summed E-state index contributed by atoms with van der Waals surface area (Å²) in [7, 11) is 2.03. The first-order valence-electron chi connectivity index (χ1n) is 8.70. The zero-order chi connectivity index (χ0) is 15.3. The molecule has 0 aliphatic heterocycles. The van der Waals surface area contributed by atoms with Crippen LogP contribution in [-0.2, 0) is 11.2 Å². The van der Waals surface area contributed by atoms with E-state index in [1.807, 2.05) is 31.3 Å². The van der Waals surface area contributed by atoms with Gasteiger partial charge in [-0.15, -0.1) is 12.4 Å². The lowest BCUT2D eigenvalue weighted by molar-refractivity contribution is -0.140. The van der Waals surface area contributed by atoms with E-state index in [2.05, 4.69) is 4.90 Å². The number of nitrogens with zero attached hydrogens (tertiary/aromatic N) is 1. The number of rotatable bonds is 3. The van der Waals surface area contributed by atoms with Crippen molar-refractivity contribution in [3.05, 3.63) is 29.8 Å². The van der Waals surface area contributed by atoms with Crippen molar-refractivity contribution in [3.8, 4) is 0 Å². The Labute approximate surface area is 145 Å². The van der Waals surface area contributed by atoms with E-state index in [1.54, 1.807) is 0 Å². The quantitative estimate of drug-likeness (QED) is 0.860. The molecule has 0 unspecified atom stereocenters. The van der Waals surface area contributed by atoms with E-state index in [0.717, 1.165) is 34.9 Å². The predicted molar refractivity (Wildman–Crippen MR) is 95.4 cm³/mol. The third kappa shape index (κ3) is 3.08. The molecule has 0 radical (unpaired) electrons. The smallest absolute Gasteiger partial charge is 0.226 e. The average Bonchev–Trinajstić information content (AvgIpc) is 2.48. The van der Waals surface area contributed by atoms with Gasteiger partial charge in [0.2, 0.25) is 5.91 Å². The summed E-state index contributed by atoms with van der Waals surface area (Å²) in [6, 6.07) is 8.20. The summed E-state index contributed by atoms with van der Waals surface area (Å²) in [6.07, 6.45) is 7.39. The maximum Gasteiger partial charge on any atom is 0.226 e. The fourth-order valence-corrected chi connectivity index (χ4v) is 5.63. The topological polar surface area (TPSA) is 46.3 Å². The Balaban J connectivity index is 0.00000156. The maximum atomic E-state index is 12.7. The number of hydrogen-bond acceptors (Lipinski definition) is 2. The van der Waals surface area contributed by atoms with Crippen LogP contribution >= 0.6 is 12.4 Å². The lowest BCUT2D eigenvalue weighted by Gasteiger charge is -2.56. The van der Waals surface area contributed by atoms with Gasteiger partial charge in [0, 0.05) is 18.8 Å². The van der Waals surface area contributed by atoms with Gasteiger partial charge in [-0.3, -0.25) is 4.79 Å². The Bertz CT molecular complexity index is 543. The molecule has 0 heterocycles. The monoisotopic (exact) mass is 334 g/mol. The van der Waals surface area contributed by atoms with Gasteiger partial charge in [0.1, 0.15) is 0 Å². The molecule has 4 bridgehead atoms. The molecule has 5 rings (SSSR count). The van der Waals surface area contributed by atoms with Crippen molar-refractivity contribution in [1.29, 1.82) is 0 Å². The minimum Gasteiger partial charge on any atom is -0.399 e. The average molecular weight is 335 g/mol. The fraction of sp³-hybridized carbons (Fsp3) is 0.632. The van der Waals surface area contributed by atoms with E-state index >= 15 is 0 Å². The zero-order valence-corrected chi connectivity index (χ0v) is 14.6. The summed E-state index contributed by atoms with van der Waals surface area (Å²) in [5.74, 6) is 3.70. The first-order chi connectivity index (χ1) is 10.6. The molecule has 23 heavy (non-hydrogen) atoms. The van der Waals surface area contributed by atoms with Crippen molar-refractivity contribution >= 4 is 24.0 Å². The van der Waals surface area contributed by atoms with Gasteiger partial charge in [-0.25, -0.2) is 0 Å². The van der Waals surface area contributed by atoms with Gasteiger partial charge in [0.05, 0.1) is 6.42 Å². The Hall–Kier alpha value is -1.22. The van der Waals surface area contributed by atoms with Gasteiger partial charge in [0.25, 0.3) is 0 Å².